The lowest BCUT2D eigenvalue weighted by Gasteiger charge is -2.22. The minimum Gasteiger partial charge on any atom is -0.461 e. The molecule has 0 radical (unpaired) electrons. The van der Waals surface area contributed by atoms with E-state index in [1.807, 2.05) is 6.07 Å². The summed E-state index contributed by atoms with van der Waals surface area (Å²) < 4.78 is 27.2. The Labute approximate surface area is 342 Å². The van der Waals surface area contributed by atoms with Gasteiger partial charge < -0.3 is 28.7 Å². The van der Waals surface area contributed by atoms with Crippen LogP contribution in [-0.4, -0.2) is 84.2 Å². The van der Waals surface area contributed by atoms with E-state index in [1.54, 1.807) is 101 Å². The Morgan fingerprint density at radius 3 is 1.57 bits per heavy atom. The number of unbranched alkanes of at least 4 members (excludes halogenated alkanes) is 4. The highest BCUT2D eigenvalue weighted by atomic mass is 16.6. The molecule has 0 saturated heterocycles. The van der Waals surface area contributed by atoms with E-state index >= 15 is 0 Å². The molecule has 0 aliphatic heterocycles. The number of furan rings is 1. The van der Waals surface area contributed by atoms with Crippen molar-refractivity contribution in [3.63, 3.8) is 0 Å². The average molecular weight is 815 g/mol. The van der Waals surface area contributed by atoms with Gasteiger partial charge in [0.1, 0.15) is 39.6 Å². The number of nitrogens with zero attached hydrogens (tertiary/aromatic N) is 2. The summed E-state index contributed by atoms with van der Waals surface area (Å²) in [4.78, 5) is 58.2. The number of hydrogen-bond acceptors (Lipinski definition) is 12. The van der Waals surface area contributed by atoms with Crippen LogP contribution in [0.3, 0.4) is 0 Å². The fraction of sp³-hybridized carbons (Fsp3) is 0.634. The van der Waals surface area contributed by atoms with Crippen LogP contribution in [0.2, 0.25) is 0 Å². The number of aryl methyl sites for hydroxylation is 1. The van der Waals surface area contributed by atoms with Crippen LogP contribution in [0.25, 0.3) is 11.0 Å². The van der Waals surface area contributed by atoms with Gasteiger partial charge in [-0.1, -0.05) is 19.3 Å². The van der Waals surface area contributed by atoms with Gasteiger partial charge in [0, 0.05) is 37.0 Å². The Morgan fingerprint density at radius 2 is 1.03 bits per heavy atom. The number of carbonyl (C=O) groups is 4. The van der Waals surface area contributed by atoms with Gasteiger partial charge in [-0.2, -0.15) is 0 Å². The number of hydrogen-bond donors (Lipinski definition) is 6. The Hall–Kier alpha value is -5.35. The topological polar surface area (TPSA) is 227 Å². The first-order valence-corrected chi connectivity index (χ1v) is 19.7. The summed E-state index contributed by atoms with van der Waals surface area (Å²) in [5.74, 6) is 0.934. The first-order valence-electron chi connectivity index (χ1n) is 19.7. The van der Waals surface area contributed by atoms with Crippen molar-refractivity contribution in [3.8, 4) is 0 Å². The summed E-state index contributed by atoms with van der Waals surface area (Å²) in [6, 6.07) is 7.13. The highest BCUT2D eigenvalue weighted by molar-refractivity contribution is 6.06. The summed E-state index contributed by atoms with van der Waals surface area (Å²) in [7, 11) is 0. The van der Waals surface area contributed by atoms with Crippen molar-refractivity contribution in [3.05, 3.63) is 35.6 Å². The van der Waals surface area contributed by atoms with Crippen LogP contribution in [0.4, 0.5) is 19.2 Å². The molecule has 6 N–H and O–H groups in total. The monoisotopic (exact) mass is 814 g/mol. The van der Waals surface area contributed by atoms with Crippen LogP contribution >= 0.6 is 0 Å². The summed E-state index contributed by atoms with van der Waals surface area (Å²) in [5.41, 5.74) is -1.63. The van der Waals surface area contributed by atoms with Gasteiger partial charge in [0.25, 0.3) is 0 Å². The minimum atomic E-state index is -0.740. The number of benzene rings is 1. The molecule has 17 heteroatoms. The van der Waals surface area contributed by atoms with Crippen LogP contribution in [0.1, 0.15) is 133 Å². The molecule has 0 bridgehead atoms. The number of aliphatic imine (C=N–C) groups is 2. The second-order valence-corrected chi connectivity index (χ2v) is 17.6. The van der Waals surface area contributed by atoms with Crippen molar-refractivity contribution < 1.29 is 42.5 Å². The molecule has 58 heavy (non-hydrogen) atoms. The molecule has 0 unspecified atom stereocenters. The second kappa shape index (κ2) is 22.0. The smallest absolute Gasteiger partial charge is 0.414 e. The molecule has 1 heterocycles. The third-order valence-corrected chi connectivity index (χ3v) is 7.09. The highest BCUT2D eigenvalue weighted by Crippen LogP contribution is 2.22. The van der Waals surface area contributed by atoms with Crippen molar-refractivity contribution in [2.24, 2.45) is 9.98 Å². The van der Waals surface area contributed by atoms with E-state index < -0.39 is 46.8 Å². The summed E-state index contributed by atoms with van der Waals surface area (Å²) >= 11 is 0. The number of carbonyl (C=O) groups excluding carboxylic acids is 4. The zero-order chi connectivity index (χ0) is 43.7. The van der Waals surface area contributed by atoms with E-state index in [-0.39, 0.29) is 11.8 Å². The zero-order valence-electron chi connectivity index (χ0n) is 36.4. The molecule has 0 spiro atoms. The van der Waals surface area contributed by atoms with Crippen molar-refractivity contribution >= 4 is 53.1 Å². The number of rotatable bonds is 13. The normalized spacial score (nSPS) is 12.2. The Kier molecular flexibility index (Phi) is 18.5. The Morgan fingerprint density at radius 1 is 0.586 bits per heavy atom. The fourth-order valence-corrected chi connectivity index (χ4v) is 4.91. The lowest BCUT2D eigenvalue weighted by atomic mass is 10.1. The summed E-state index contributed by atoms with van der Waals surface area (Å²) in [6.07, 6.45) is 2.65. The van der Waals surface area contributed by atoms with E-state index in [0.717, 1.165) is 43.3 Å². The lowest BCUT2D eigenvalue weighted by molar-refractivity contribution is 0.0531. The predicted molar refractivity (Wildman–Crippen MR) is 225 cm³/mol. The molecule has 2 aromatic rings. The molecule has 0 saturated carbocycles. The van der Waals surface area contributed by atoms with Gasteiger partial charge in [-0.3, -0.25) is 36.7 Å². The Balaban J connectivity index is 1.89. The third-order valence-electron chi connectivity index (χ3n) is 7.09. The maximum Gasteiger partial charge on any atom is 0.414 e. The van der Waals surface area contributed by atoms with E-state index in [0.29, 0.717) is 49.6 Å². The molecular weight excluding hydrogens is 748 g/mol. The van der Waals surface area contributed by atoms with Gasteiger partial charge in [-0.05, 0) is 127 Å². The van der Waals surface area contributed by atoms with Gasteiger partial charge >= 0.3 is 24.4 Å². The van der Waals surface area contributed by atoms with Gasteiger partial charge in [0.15, 0.2) is 0 Å². The molecule has 1 aromatic heterocycles. The first kappa shape index (κ1) is 48.8. The van der Waals surface area contributed by atoms with E-state index in [4.69, 9.17) is 28.8 Å². The van der Waals surface area contributed by atoms with E-state index in [1.165, 1.54) is 0 Å². The molecule has 0 aliphatic rings. The second-order valence-electron chi connectivity index (χ2n) is 17.6. The molecule has 0 aliphatic carbocycles. The number of fused-ring (bicyclic) bond motifs is 1. The number of alkyl carbamates (subject to hydrolysis) is 4. The molecule has 1 aromatic carbocycles. The average Bonchev–Trinajstić information content (AvgIpc) is 3.44. The SMILES string of the molecule is CC(C)(C)OC(=O)NC(=N)c1ccc2oc(CCCN=C(NCCCCCCCN=C(NC(=O)OC(C)(C)C)NC(=O)OC(C)(C)C)NC(=O)OC(C)(C)C)cc2c1. The highest BCUT2D eigenvalue weighted by Gasteiger charge is 2.22. The van der Waals surface area contributed by atoms with Gasteiger partial charge in [0.05, 0.1) is 0 Å². The Bertz CT molecular complexity index is 1730. The number of amides is 4. The van der Waals surface area contributed by atoms with Crippen LogP contribution in [0.5, 0.6) is 0 Å². The molecule has 0 fully saturated rings. The first-order chi connectivity index (χ1) is 26.8. The predicted octanol–water partition coefficient (Wildman–Crippen LogP) is 8.04. The number of amidine groups is 1. The van der Waals surface area contributed by atoms with Gasteiger partial charge in [-0.25, -0.2) is 19.2 Å². The largest absolute Gasteiger partial charge is 0.461 e. The zero-order valence-corrected chi connectivity index (χ0v) is 36.4. The van der Waals surface area contributed by atoms with Crippen LogP contribution in [0.15, 0.2) is 38.7 Å². The standard InChI is InChI=1S/C41H66N8O9/c1-38(2,3)55-34(50)46-31(42)27-20-21-30-28(25-27)26-29(54-30)19-18-24-44-32(47-35(51)56-39(4,5)6)43-22-16-14-13-15-17-23-45-33(48-36(52)57-40(7,8)9)49-37(53)58-41(10,11)12/h20-21,25-26H,13-19,22-24H2,1-12H3,(H2,42,46,50)(H2,43,44,47,51)(H2,45,48,49,52,53). The molecule has 0 atom stereocenters. The van der Waals surface area contributed by atoms with Crippen molar-refractivity contribution in [1.82, 2.24) is 26.6 Å². The maximum atomic E-state index is 12.6. The van der Waals surface area contributed by atoms with Crippen LogP contribution < -0.4 is 26.6 Å². The minimum absolute atomic E-state index is 0.0446. The fourth-order valence-electron chi connectivity index (χ4n) is 4.91. The summed E-state index contributed by atoms with van der Waals surface area (Å²) in [6.45, 7) is 22.4. The van der Waals surface area contributed by atoms with Crippen molar-refractivity contribution in [2.45, 2.75) is 150 Å². The number of ether oxygens (including phenoxy) is 4. The number of guanidine groups is 2. The quantitative estimate of drug-likeness (QED) is 0.0494. The van der Waals surface area contributed by atoms with Crippen molar-refractivity contribution in [1.29, 1.82) is 5.41 Å². The lowest BCUT2D eigenvalue weighted by Crippen LogP contribution is -2.47. The molecule has 4 amide bonds. The number of nitrogens with one attached hydrogen (secondary N) is 6. The molecule has 17 nitrogen and oxygen atoms in total. The van der Waals surface area contributed by atoms with E-state index in [9.17, 15) is 19.2 Å². The third kappa shape index (κ3) is 22.4. The van der Waals surface area contributed by atoms with Crippen LogP contribution in [-0.2, 0) is 25.4 Å². The molecule has 324 valence electrons. The molecular formula is C41H66N8O9. The maximum absolute atomic E-state index is 12.6. The molecule has 2 rings (SSSR count). The van der Waals surface area contributed by atoms with E-state index in [2.05, 4.69) is 36.6 Å². The van der Waals surface area contributed by atoms with Crippen LogP contribution in [0, 0.1) is 5.41 Å². The van der Waals surface area contributed by atoms with Crippen molar-refractivity contribution in [2.75, 3.05) is 19.6 Å². The van der Waals surface area contributed by atoms with Gasteiger partial charge in [0.2, 0.25) is 11.9 Å². The summed E-state index contributed by atoms with van der Waals surface area (Å²) in [5, 5.41) is 22.4. The van der Waals surface area contributed by atoms with Gasteiger partial charge in [-0.15, -0.1) is 0 Å².